The highest BCUT2D eigenvalue weighted by molar-refractivity contribution is 7.92. The van der Waals surface area contributed by atoms with E-state index in [0.717, 1.165) is 38.5 Å². The van der Waals surface area contributed by atoms with Crippen molar-refractivity contribution in [3.8, 4) is 0 Å². The molecule has 182 valence electrons. The van der Waals surface area contributed by atoms with E-state index in [9.17, 15) is 22.4 Å². The van der Waals surface area contributed by atoms with E-state index in [1.807, 2.05) is 0 Å². The molecule has 0 spiro atoms. The van der Waals surface area contributed by atoms with Crippen LogP contribution in [0.2, 0.25) is 0 Å². The third kappa shape index (κ3) is 5.94. The minimum Gasteiger partial charge on any atom is -0.353 e. The fourth-order valence-corrected chi connectivity index (χ4v) is 5.69. The molecular weight excluding hydrogens is 457 g/mol. The number of nitrogens with zero attached hydrogens (tertiary/aromatic N) is 1. The first-order valence-corrected chi connectivity index (χ1v) is 13.3. The van der Waals surface area contributed by atoms with Crippen LogP contribution in [-0.2, 0) is 14.8 Å². The predicted octanol–water partition coefficient (Wildman–Crippen LogP) is 3.93. The van der Waals surface area contributed by atoms with Crippen LogP contribution >= 0.6 is 0 Å². The van der Waals surface area contributed by atoms with Gasteiger partial charge in [-0.2, -0.15) is 0 Å². The molecule has 1 aliphatic heterocycles. The lowest BCUT2D eigenvalue weighted by Crippen LogP contribution is -2.47. The zero-order valence-electron chi connectivity index (χ0n) is 19.0. The van der Waals surface area contributed by atoms with Crippen LogP contribution in [0.1, 0.15) is 55.3 Å². The lowest BCUT2D eigenvalue weighted by atomic mass is 9.93. The van der Waals surface area contributed by atoms with Gasteiger partial charge in [0.15, 0.2) is 0 Å². The first kappa shape index (κ1) is 24.2. The molecule has 1 atom stereocenters. The standard InChI is InChI=1S/C25H30FN3O4S/c26-20-10-12-22(13-11-20)28-34(32,33)23-14-8-18(9-15-23)25(31)29-16-4-5-19(17-29)24(30)27-21-6-2-1-3-7-21/h8-15,19,21,28H,1-7,16-17H2,(H,27,30). The Hall–Kier alpha value is -2.94. The molecule has 1 heterocycles. The van der Waals surface area contributed by atoms with Crippen LogP contribution in [0.25, 0.3) is 0 Å². The molecule has 34 heavy (non-hydrogen) atoms. The summed E-state index contributed by atoms with van der Waals surface area (Å²) in [6.45, 7) is 0.932. The zero-order valence-corrected chi connectivity index (χ0v) is 19.8. The number of piperidine rings is 1. The van der Waals surface area contributed by atoms with Gasteiger partial charge >= 0.3 is 0 Å². The number of carbonyl (C=O) groups is 2. The van der Waals surface area contributed by atoms with Gasteiger partial charge in [-0.25, -0.2) is 12.8 Å². The number of anilines is 1. The molecule has 2 aromatic rings. The van der Waals surface area contributed by atoms with Gasteiger partial charge in [0.2, 0.25) is 5.91 Å². The Bertz CT molecular complexity index is 1110. The molecule has 1 aliphatic carbocycles. The summed E-state index contributed by atoms with van der Waals surface area (Å²) in [4.78, 5) is 27.5. The Kier molecular flexibility index (Phi) is 7.50. The molecule has 0 aromatic heterocycles. The van der Waals surface area contributed by atoms with E-state index >= 15 is 0 Å². The fourth-order valence-electron chi connectivity index (χ4n) is 4.63. The number of benzene rings is 2. The van der Waals surface area contributed by atoms with E-state index in [2.05, 4.69) is 10.0 Å². The van der Waals surface area contributed by atoms with E-state index in [0.29, 0.717) is 18.7 Å². The minimum absolute atomic E-state index is 0.00300. The van der Waals surface area contributed by atoms with Crippen LogP contribution in [0.3, 0.4) is 0 Å². The maximum absolute atomic E-state index is 13.1. The number of rotatable bonds is 6. The molecule has 0 radical (unpaired) electrons. The monoisotopic (exact) mass is 487 g/mol. The number of hydrogen-bond acceptors (Lipinski definition) is 4. The van der Waals surface area contributed by atoms with Crippen LogP contribution in [0.15, 0.2) is 53.4 Å². The van der Waals surface area contributed by atoms with Crippen molar-refractivity contribution < 1.29 is 22.4 Å². The van der Waals surface area contributed by atoms with Crippen molar-refractivity contribution in [2.75, 3.05) is 17.8 Å². The molecular formula is C25H30FN3O4S. The number of nitrogens with one attached hydrogen (secondary N) is 2. The summed E-state index contributed by atoms with van der Waals surface area (Å²) in [6.07, 6.45) is 7.06. The van der Waals surface area contributed by atoms with Crippen molar-refractivity contribution in [1.82, 2.24) is 10.2 Å². The Balaban J connectivity index is 1.37. The van der Waals surface area contributed by atoms with E-state index in [1.165, 1.54) is 55.0 Å². The van der Waals surface area contributed by atoms with Crippen LogP contribution in [0.5, 0.6) is 0 Å². The van der Waals surface area contributed by atoms with Crippen LogP contribution < -0.4 is 10.0 Å². The molecule has 7 nitrogen and oxygen atoms in total. The van der Waals surface area contributed by atoms with Gasteiger partial charge in [0.25, 0.3) is 15.9 Å². The van der Waals surface area contributed by atoms with Gasteiger partial charge in [0, 0.05) is 30.4 Å². The van der Waals surface area contributed by atoms with E-state index in [1.54, 1.807) is 4.90 Å². The Labute approximate surface area is 199 Å². The van der Waals surface area contributed by atoms with Crippen molar-refractivity contribution in [3.05, 3.63) is 59.9 Å². The van der Waals surface area contributed by atoms with Crippen molar-refractivity contribution in [1.29, 1.82) is 0 Å². The smallest absolute Gasteiger partial charge is 0.261 e. The third-order valence-electron chi connectivity index (χ3n) is 6.54. The number of halogens is 1. The van der Waals surface area contributed by atoms with Gasteiger partial charge < -0.3 is 10.2 Å². The molecule has 1 saturated carbocycles. The largest absolute Gasteiger partial charge is 0.353 e. The van der Waals surface area contributed by atoms with Crippen LogP contribution in [0, 0.1) is 11.7 Å². The Morgan fingerprint density at radius 3 is 2.24 bits per heavy atom. The van der Waals surface area contributed by atoms with Gasteiger partial charge in [-0.3, -0.25) is 14.3 Å². The first-order valence-electron chi connectivity index (χ1n) is 11.8. The molecule has 1 unspecified atom stereocenters. The maximum atomic E-state index is 13.1. The second kappa shape index (κ2) is 10.5. The minimum atomic E-state index is -3.88. The summed E-state index contributed by atoms with van der Waals surface area (Å²) < 4.78 is 40.7. The van der Waals surface area contributed by atoms with Gasteiger partial charge in [-0.05, 0) is 74.2 Å². The Morgan fingerprint density at radius 2 is 1.56 bits per heavy atom. The zero-order chi connectivity index (χ0) is 24.1. The topological polar surface area (TPSA) is 95.6 Å². The second-order valence-corrected chi connectivity index (χ2v) is 10.8. The summed E-state index contributed by atoms with van der Waals surface area (Å²) in [6, 6.07) is 10.9. The molecule has 2 amide bonds. The third-order valence-corrected chi connectivity index (χ3v) is 7.94. The summed E-state index contributed by atoms with van der Waals surface area (Å²) >= 11 is 0. The molecule has 2 aliphatic rings. The Morgan fingerprint density at radius 1 is 0.882 bits per heavy atom. The van der Waals surface area contributed by atoms with Crippen LogP contribution in [-0.4, -0.2) is 44.3 Å². The van der Waals surface area contributed by atoms with E-state index in [-0.39, 0.29) is 34.4 Å². The molecule has 2 N–H and O–H groups in total. The average molecular weight is 488 g/mol. The van der Waals surface area contributed by atoms with Gasteiger partial charge in [0.1, 0.15) is 5.82 Å². The number of likely N-dealkylation sites (tertiary alicyclic amines) is 1. The lowest BCUT2D eigenvalue weighted by molar-refractivity contribution is -0.127. The molecule has 2 fully saturated rings. The second-order valence-electron chi connectivity index (χ2n) is 9.07. The summed E-state index contributed by atoms with van der Waals surface area (Å²) in [7, 11) is -3.88. The summed E-state index contributed by atoms with van der Waals surface area (Å²) in [5.41, 5.74) is 0.612. The van der Waals surface area contributed by atoms with Gasteiger partial charge in [-0.1, -0.05) is 19.3 Å². The highest BCUT2D eigenvalue weighted by atomic mass is 32.2. The highest BCUT2D eigenvalue weighted by Gasteiger charge is 2.30. The van der Waals surface area contributed by atoms with Crippen molar-refractivity contribution >= 4 is 27.5 Å². The van der Waals surface area contributed by atoms with Crippen molar-refractivity contribution in [2.24, 2.45) is 5.92 Å². The lowest BCUT2D eigenvalue weighted by Gasteiger charge is -2.33. The molecule has 2 aromatic carbocycles. The normalized spacial score (nSPS) is 19.4. The highest BCUT2D eigenvalue weighted by Crippen LogP contribution is 2.23. The summed E-state index contributed by atoms with van der Waals surface area (Å²) in [5, 5.41) is 3.16. The first-order chi connectivity index (χ1) is 16.3. The number of carbonyl (C=O) groups excluding carboxylic acids is 2. The summed E-state index contributed by atoms with van der Waals surface area (Å²) in [5.74, 6) is -0.875. The van der Waals surface area contributed by atoms with E-state index < -0.39 is 15.8 Å². The van der Waals surface area contributed by atoms with Gasteiger partial charge in [-0.15, -0.1) is 0 Å². The molecule has 9 heteroatoms. The maximum Gasteiger partial charge on any atom is 0.261 e. The van der Waals surface area contributed by atoms with Gasteiger partial charge in [0.05, 0.1) is 10.8 Å². The quantitative estimate of drug-likeness (QED) is 0.646. The van der Waals surface area contributed by atoms with Crippen molar-refractivity contribution in [3.63, 3.8) is 0 Å². The SMILES string of the molecule is O=C(NC1CCCCC1)C1CCCN(C(=O)c2ccc(S(=O)(=O)Nc3ccc(F)cc3)cc2)C1. The van der Waals surface area contributed by atoms with E-state index in [4.69, 9.17) is 0 Å². The molecule has 1 saturated heterocycles. The number of hydrogen-bond donors (Lipinski definition) is 2. The molecule has 4 rings (SSSR count). The predicted molar refractivity (Wildman–Crippen MR) is 127 cm³/mol. The average Bonchev–Trinajstić information content (AvgIpc) is 2.85. The van der Waals surface area contributed by atoms with Crippen LogP contribution in [0.4, 0.5) is 10.1 Å². The van der Waals surface area contributed by atoms with Crippen molar-refractivity contribution in [2.45, 2.75) is 55.9 Å². The number of amides is 2. The number of sulfonamides is 1. The fraction of sp³-hybridized carbons (Fsp3) is 0.440. The molecule has 0 bridgehead atoms.